The lowest BCUT2D eigenvalue weighted by molar-refractivity contribution is 1.04. The van der Waals surface area contributed by atoms with E-state index in [2.05, 4.69) is 48.4 Å². The van der Waals surface area contributed by atoms with E-state index in [-0.39, 0.29) is 0 Å². The molecule has 2 nitrogen and oxygen atoms in total. The van der Waals surface area contributed by atoms with Crippen molar-refractivity contribution in [3.8, 4) is 0 Å². The summed E-state index contributed by atoms with van der Waals surface area (Å²) in [6, 6.07) is 10.6. The Bertz CT molecular complexity index is 444. The van der Waals surface area contributed by atoms with Crippen molar-refractivity contribution >= 4 is 5.69 Å². The van der Waals surface area contributed by atoms with Gasteiger partial charge in [-0.15, -0.1) is 0 Å². The maximum absolute atomic E-state index is 3.50. The molecule has 0 radical (unpaired) electrons. The number of hydrogen-bond acceptors (Lipinski definition) is 1. The molecule has 0 amide bonds. The van der Waals surface area contributed by atoms with Crippen molar-refractivity contribution in [3.05, 3.63) is 53.3 Å². The number of anilines is 1. The highest BCUT2D eigenvalue weighted by Gasteiger charge is 2.03. The van der Waals surface area contributed by atoms with Gasteiger partial charge in [-0.2, -0.15) is 0 Å². The van der Waals surface area contributed by atoms with E-state index in [4.69, 9.17) is 0 Å². The fourth-order valence-electron chi connectivity index (χ4n) is 1.94. The Balaban J connectivity index is 2.14. The zero-order chi connectivity index (χ0) is 11.4. The molecule has 0 aliphatic heterocycles. The summed E-state index contributed by atoms with van der Waals surface area (Å²) in [5.41, 5.74) is 5.18. The quantitative estimate of drug-likeness (QED) is 0.801. The Labute approximate surface area is 96.7 Å². The molecular formula is C14H18N2. The molecule has 0 saturated heterocycles. The van der Waals surface area contributed by atoms with Gasteiger partial charge >= 0.3 is 0 Å². The summed E-state index contributed by atoms with van der Waals surface area (Å²) in [6.07, 6.45) is 3.02. The van der Waals surface area contributed by atoms with Crippen molar-refractivity contribution in [1.29, 1.82) is 0 Å². The average Bonchev–Trinajstić information content (AvgIpc) is 2.80. The molecule has 84 valence electrons. The molecule has 16 heavy (non-hydrogen) atoms. The zero-order valence-electron chi connectivity index (χ0n) is 9.88. The van der Waals surface area contributed by atoms with Gasteiger partial charge in [0, 0.05) is 17.6 Å². The molecule has 0 atom stereocenters. The minimum atomic E-state index is 0.852. The van der Waals surface area contributed by atoms with E-state index in [1.54, 1.807) is 0 Å². The first-order valence-electron chi connectivity index (χ1n) is 5.76. The number of H-pyrrole nitrogens is 1. The molecule has 0 bridgehead atoms. The van der Waals surface area contributed by atoms with Crippen LogP contribution in [0.3, 0.4) is 0 Å². The first-order chi connectivity index (χ1) is 7.81. The molecule has 1 aromatic carbocycles. The minimum Gasteiger partial charge on any atom is -0.379 e. The van der Waals surface area contributed by atoms with Gasteiger partial charge in [0.25, 0.3) is 0 Å². The predicted octanol–water partition coefficient (Wildman–Crippen LogP) is 3.50. The second-order valence-electron chi connectivity index (χ2n) is 4.01. The summed E-state index contributed by atoms with van der Waals surface area (Å²) in [4.78, 5) is 3.20. The molecule has 2 heteroatoms. The smallest absolute Gasteiger partial charge is 0.0551 e. The van der Waals surface area contributed by atoms with Crippen molar-refractivity contribution in [1.82, 2.24) is 4.98 Å². The summed E-state index contributed by atoms with van der Waals surface area (Å²) in [6.45, 7) is 5.19. The maximum Gasteiger partial charge on any atom is 0.0551 e. The summed E-state index contributed by atoms with van der Waals surface area (Å²) in [5, 5.41) is 3.50. The number of benzene rings is 1. The SMILES string of the molecule is CCc1cccc(C)c1NCc1ccc[nH]1. The Kier molecular flexibility index (Phi) is 3.30. The lowest BCUT2D eigenvalue weighted by atomic mass is 10.1. The maximum atomic E-state index is 3.50. The topological polar surface area (TPSA) is 27.8 Å². The molecule has 0 fully saturated rings. The van der Waals surface area contributed by atoms with Crippen LogP contribution in [0.25, 0.3) is 0 Å². The van der Waals surface area contributed by atoms with Gasteiger partial charge in [0.15, 0.2) is 0 Å². The van der Waals surface area contributed by atoms with Crippen LogP contribution >= 0.6 is 0 Å². The average molecular weight is 214 g/mol. The van der Waals surface area contributed by atoms with Crippen molar-refractivity contribution < 1.29 is 0 Å². The molecule has 1 aromatic heterocycles. The normalized spacial score (nSPS) is 10.4. The van der Waals surface area contributed by atoms with Gasteiger partial charge in [-0.3, -0.25) is 0 Å². The Hall–Kier alpha value is -1.70. The van der Waals surface area contributed by atoms with Crippen LogP contribution < -0.4 is 5.32 Å². The summed E-state index contributed by atoms with van der Waals surface area (Å²) in [7, 11) is 0. The molecule has 1 heterocycles. The molecule has 0 unspecified atom stereocenters. The fourth-order valence-corrected chi connectivity index (χ4v) is 1.94. The van der Waals surface area contributed by atoms with Crippen molar-refractivity contribution in [2.75, 3.05) is 5.32 Å². The summed E-state index contributed by atoms with van der Waals surface area (Å²) >= 11 is 0. The molecule has 0 spiro atoms. The van der Waals surface area contributed by atoms with E-state index < -0.39 is 0 Å². The largest absolute Gasteiger partial charge is 0.379 e. The van der Waals surface area contributed by atoms with Crippen LogP contribution in [-0.4, -0.2) is 4.98 Å². The third-order valence-corrected chi connectivity index (χ3v) is 2.86. The third-order valence-electron chi connectivity index (χ3n) is 2.86. The molecule has 0 saturated carbocycles. The van der Waals surface area contributed by atoms with Gasteiger partial charge in [-0.05, 0) is 36.6 Å². The molecule has 0 aliphatic rings. The van der Waals surface area contributed by atoms with Crippen LogP contribution in [0.5, 0.6) is 0 Å². The summed E-state index contributed by atoms with van der Waals surface area (Å²) < 4.78 is 0. The minimum absolute atomic E-state index is 0.852. The van der Waals surface area contributed by atoms with Crippen LogP contribution in [0, 0.1) is 6.92 Å². The number of aromatic amines is 1. The van der Waals surface area contributed by atoms with Crippen molar-refractivity contribution in [2.24, 2.45) is 0 Å². The van der Waals surface area contributed by atoms with Crippen LogP contribution in [0.15, 0.2) is 36.5 Å². The van der Waals surface area contributed by atoms with Gasteiger partial charge in [0.05, 0.1) is 6.54 Å². The third kappa shape index (κ3) is 2.27. The standard InChI is InChI=1S/C14H18N2/c1-3-12-7-4-6-11(2)14(12)16-10-13-8-5-9-15-13/h4-9,15-16H,3,10H2,1-2H3. The monoisotopic (exact) mass is 214 g/mol. The van der Waals surface area contributed by atoms with Gasteiger partial charge in [0.1, 0.15) is 0 Å². The highest BCUT2D eigenvalue weighted by molar-refractivity contribution is 5.57. The van der Waals surface area contributed by atoms with Crippen LogP contribution in [0.1, 0.15) is 23.7 Å². The van der Waals surface area contributed by atoms with Gasteiger partial charge in [-0.25, -0.2) is 0 Å². The molecular weight excluding hydrogens is 196 g/mol. The zero-order valence-corrected chi connectivity index (χ0v) is 9.88. The van der Waals surface area contributed by atoms with Crippen LogP contribution in [0.2, 0.25) is 0 Å². The highest BCUT2D eigenvalue weighted by Crippen LogP contribution is 2.21. The lowest BCUT2D eigenvalue weighted by Gasteiger charge is -2.13. The molecule has 2 aromatic rings. The molecule has 2 N–H and O–H groups in total. The van der Waals surface area contributed by atoms with Crippen molar-refractivity contribution in [2.45, 2.75) is 26.8 Å². The van der Waals surface area contributed by atoms with Crippen LogP contribution in [0.4, 0.5) is 5.69 Å². The predicted molar refractivity (Wildman–Crippen MR) is 68.7 cm³/mol. The molecule has 2 rings (SSSR count). The first kappa shape index (κ1) is 10.8. The highest BCUT2D eigenvalue weighted by atomic mass is 14.9. The van der Waals surface area contributed by atoms with E-state index >= 15 is 0 Å². The van der Waals surface area contributed by atoms with Gasteiger partial charge < -0.3 is 10.3 Å². The van der Waals surface area contributed by atoms with Crippen molar-refractivity contribution in [3.63, 3.8) is 0 Å². The number of nitrogens with one attached hydrogen (secondary N) is 2. The van der Waals surface area contributed by atoms with E-state index in [1.165, 1.54) is 22.5 Å². The van der Waals surface area contributed by atoms with Crippen LogP contribution in [-0.2, 0) is 13.0 Å². The number of aryl methyl sites for hydroxylation is 2. The summed E-state index contributed by atoms with van der Waals surface area (Å²) in [5.74, 6) is 0. The van der Waals surface area contributed by atoms with E-state index in [1.807, 2.05) is 12.3 Å². The number of rotatable bonds is 4. The Morgan fingerprint density at radius 2 is 2.06 bits per heavy atom. The van der Waals surface area contributed by atoms with E-state index in [0.29, 0.717) is 0 Å². The number of hydrogen-bond donors (Lipinski definition) is 2. The number of para-hydroxylation sites is 1. The second-order valence-corrected chi connectivity index (χ2v) is 4.01. The van der Waals surface area contributed by atoms with Gasteiger partial charge in [0.2, 0.25) is 0 Å². The number of aromatic nitrogens is 1. The Morgan fingerprint density at radius 1 is 1.19 bits per heavy atom. The second kappa shape index (κ2) is 4.88. The molecule has 0 aliphatic carbocycles. The Morgan fingerprint density at radius 3 is 2.75 bits per heavy atom. The van der Waals surface area contributed by atoms with E-state index in [0.717, 1.165) is 13.0 Å². The van der Waals surface area contributed by atoms with E-state index in [9.17, 15) is 0 Å². The fraction of sp³-hybridized carbons (Fsp3) is 0.286. The lowest BCUT2D eigenvalue weighted by Crippen LogP contribution is -2.04. The first-order valence-corrected chi connectivity index (χ1v) is 5.76. The van der Waals surface area contributed by atoms with Gasteiger partial charge in [-0.1, -0.05) is 25.1 Å².